The van der Waals surface area contributed by atoms with E-state index in [2.05, 4.69) is 20.8 Å². The first-order chi connectivity index (χ1) is 11.6. The average Bonchev–Trinajstić information content (AvgIpc) is 3.12. The fourth-order valence-electron chi connectivity index (χ4n) is 2.62. The molecule has 4 rings (SSSR count). The monoisotopic (exact) mass is 355 g/mol. The Balaban J connectivity index is 1.82. The Labute approximate surface area is 147 Å². The first kappa shape index (κ1) is 15.1. The van der Waals surface area contributed by atoms with Gasteiger partial charge in [-0.1, -0.05) is 11.6 Å². The Kier molecular flexibility index (Phi) is 3.70. The second-order valence-corrected chi connectivity index (χ2v) is 6.80. The van der Waals surface area contributed by atoms with Gasteiger partial charge in [0.1, 0.15) is 5.82 Å². The number of rotatable bonds is 3. The molecule has 0 aliphatic heterocycles. The van der Waals surface area contributed by atoms with Crippen molar-refractivity contribution in [2.45, 2.75) is 6.92 Å². The van der Waals surface area contributed by atoms with E-state index in [9.17, 15) is 0 Å². The highest BCUT2D eigenvalue weighted by Crippen LogP contribution is 2.38. The van der Waals surface area contributed by atoms with Gasteiger partial charge >= 0.3 is 0 Å². The maximum atomic E-state index is 6.47. The van der Waals surface area contributed by atoms with Gasteiger partial charge in [0.2, 0.25) is 0 Å². The molecule has 0 unspecified atom stereocenters. The van der Waals surface area contributed by atoms with Crippen LogP contribution in [0.3, 0.4) is 0 Å². The van der Waals surface area contributed by atoms with Gasteiger partial charge in [-0.3, -0.25) is 9.67 Å². The van der Waals surface area contributed by atoms with Crippen molar-refractivity contribution >= 4 is 44.8 Å². The lowest BCUT2D eigenvalue weighted by atomic mass is 10.1. The van der Waals surface area contributed by atoms with Crippen LogP contribution in [-0.2, 0) is 7.05 Å². The third-order valence-corrected chi connectivity index (χ3v) is 5.14. The minimum atomic E-state index is 0.682. The lowest BCUT2D eigenvalue weighted by Gasteiger charge is -2.06. The number of pyridine rings is 2. The summed E-state index contributed by atoms with van der Waals surface area (Å²) in [6.07, 6.45) is 5.51. The van der Waals surface area contributed by atoms with E-state index in [1.165, 1.54) is 0 Å². The topological polar surface area (TPSA) is 55.6 Å². The van der Waals surface area contributed by atoms with Crippen molar-refractivity contribution in [2.75, 3.05) is 5.32 Å². The molecule has 24 heavy (non-hydrogen) atoms. The van der Waals surface area contributed by atoms with Gasteiger partial charge in [0.15, 0.2) is 5.82 Å². The minimum absolute atomic E-state index is 0.682. The Morgan fingerprint density at radius 1 is 1.25 bits per heavy atom. The molecule has 4 heterocycles. The summed E-state index contributed by atoms with van der Waals surface area (Å²) in [6.45, 7) is 2.00. The number of fused-ring (bicyclic) bond motifs is 1. The van der Waals surface area contributed by atoms with E-state index in [0.717, 1.165) is 32.7 Å². The molecule has 0 aliphatic carbocycles. The van der Waals surface area contributed by atoms with Crippen LogP contribution < -0.4 is 5.32 Å². The first-order valence-electron chi connectivity index (χ1n) is 7.37. The number of aromatic nitrogens is 4. The van der Waals surface area contributed by atoms with Gasteiger partial charge in [-0.15, -0.1) is 11.3 Å². The van der Waals surface area contributed by atoms with E-state index >= 15 is 0 Å². The van der Waals surface area contributed by atoms with E-state index in [-0.39, 0.29) is 0 Å². The van der Waals surface area contributed by atoms with Crippen LogP contribution in [0, 0.1) is 6.92 Å². The van der Waals surface area contributed by atoms with Crippen molar-refractivity contribution in [1.82, 2.24) is 19.7 Å². The minimum Gasteiger partial charge on any atom is -0.323 e. The largest absolute Gasteiger partial charge is 0.323 e. The zero-order valence-electron chi connectivity index (χ0n) is 13.1. The highest BCUT2D eigenvalue weighted by Gasteiger charge is 2.13. The van der Waals surface area contributed by atoms with E-state index in [1.54, 1.807) is 28.4 Å². The van der Waals surface area contributed by atoms with Crippen LogP contribution in [0.1, 0.15) is 5.56 Å². The predicted molar refractivity (Wildman–Crippen MR) is 99.1 cm³/mol. The SMILES string of the molecule is Cc1cn(C)nc1Nc1cc(Cl)c2scc(-c3ccncc3)c2n1. The van der Waals surface area contributed by atoms with Crippen LogP contribution >= 0.6 is 22.9 Å². The fraction of sp³-hybridized carbons (Fsp3) is 0.118. The number of nitrogens with zero attached hydrogens (tertiary/aromatic N) is 4. The van der Waals surface area contributed by atoms with E-state index in [0.29, 0.717) is 10.8 Å². The van der Waals surface area contributed by atoms with Crippen LogP contribution in [0.4, 0.5) is 11.6 Å². The number of hydrogen-bond donors (Lipinski definition) is 1. The first-order valence-corrected chi connectivity index (χ1v) is 8.63. The van der Waals surface area contributed by atoms with Gasteiger partial charge in [0.25, 0.3) is 0 Å². The second kappa shape index (κ2) is 5.89. The molecule has 0 aliphatic rings. The summed E-state index contributed by atoms with van der Waals surface area (Å²) in [5, 5.41) is 10.4. The quantitative estimate of drug-likeness (QED) is 0.573. The van der Waals surface area contributed by atoms with Gasteiger partial charge in [0, 0.05) is 48.2 Å². The Morgan fingerprint density at radius 2 is 2.04 bits per heavy atom. The lowest BCUT2D eigenvalue weighted by Crippen LogP contribution is -1.97. The summed E-state index contributed by atoms with van der Waals surface area (Å²) in [6, 6.07) is 5.78. The standard InChI is InChI=1S/C17H14ClN5S/c1-10-8-23(2)22-17(10)21-14-7-13(18)16-15(20-14)12(9-24-16)11-3-5-19-6-4-11/h3-9H,1-2H3,(H,20,21,22). The maximum absolute atomic E-state index is 6.47. The molecule has 4 aromatic rings. The number of thiophene rings is 1. The van der Waals surface area contributed by atoms with Crippen LogP contribution in [-0.4, -0.2) is 19.7 Å². The van der Waals surface area contributed by atoms with Crippen molar-refractivity contribution in [3.05, 3.63) is 52.8 Å². The number of nitrogens with one attached hydrogen (secondary N) is 1. The molecule has 7 heteroatoms. The number of anilines is 2. The predicted octanol–water partition coefficient (Wildman–Crippen LogP) is 4.80. The summed E-state index contributed by atoms with van der Waals surface area (Å²) < 4.78 is 2.75. The molecule has 120 valence electrons. The molecular formula is C17H14ClN5S. The van der Waals surface area contributed by atoms with Gasteiger partial charge in [-0.2, -0.15) is 5.10 Å². The molecule has 5 nitrogen and oxygen atoms in total. The summed E-state index contributed by atoms with van der Waals surface area (Å²) in [5.74, 6) is 1.46. The summed E-state index contributed by atoms with van der Waals surface area (Å²) in [7, 11) is 1.89. The van der Waals surface area contributed by atoms with Gasteiger partial charge < -0.3 is 5.32 Å². The summed E-state index contributed by atoms with van der Waals surface area (Å²) in [5.41, 5.74) is 4.07. The van der Waals surface area contributed by atoms with E-state index < -0.39 is 0 Å². The Morgan fingerprint density at radius 3 is 2.75 bits per heavy atom. The Bertz CT molecular complexity index is 1020. The van der Waals surface area contributed by atoms with Crippen LogP contribution in [0.15, 0.2) is 42.2 Å². The van der Waals surface area contributed by atoms with Crippen LogP contribution in [0.5, 0.6) is 0 Å². The van der Waals surface area contributed by atoms with Gasteiger partial charge in [-0.25, -0.2) is 4.98 Å². The molecule has 1 N–H and O–H groups in total. The molecule has 0 radical (unpaired) electrons. The molecular weight excluding hydrogens is 342 g/mol. The zero-order valence-corrected chi connectivity index (χ0v) is 14.7. The molecule has 0 bridgehead atoms. The number of halogens is 1. The smallest absolute Gasteiger partial charge is 0.156 e. The fourth-order valence-corrected chi connectivity index (χ4v) is 3.87. The number of hydrogen-bond acceptors (Lipinski definition) is 5. The van der Waals surface area contributed by atoms with E-state index in [4.69, 9.17) is 16.6 Å². The normalized spacial score (nSPS) is 11.1. The summed E-state index contributed by atoms with van der Waals surface area (Å²) >= 11 is 8.06. The third-order valence-electron chi connectivity index (χ3n) is 3.73. The lowest BCUT2D eigenvalue weighted by molar-refractivity contribution is 0.770. The maximum Gasteiger partial charge on any atom is 0.156 e. The van der Waals surface area contributed by atoms with E-state index in [1.807, 2.05) is 38.4 Å². The van der Waals surface area contributed by atoms with Crippen molar-refractivity contribution in [3.63, 3.8) is 0 Å². The molecule has 4 aromatic heterocycles. The van der Waals surface area contributed by atoms with Gasteiger partial charge in [-0.05, 0) is 24.6 Å². The average molecular weight is 356 g/mol. The third kappa shape index (κ3) is 2.64. The Hall–Kier alpha value is -2.44. The van der Waals surface area contributed by atoms with Crippen molar-refractivity contribution in [1.29, 1.82) is 0 Å². The van der Waals surface area contributed by atoms with Crippen molar-refractivity contribution < 1.29 is 0 Å². The van der Waals surface area contributed by atoms with Crippen LogP contribution in [0.25, 0.3) is 21.3 Å². The van der Waals surface area contributed by atoms with Crippen molar-refractivity contribution in [2.24, 2.45) is 7.05 Å². The molecule has 0 saturated heterocycles. The highest BCUT2D eigenvalue weighted by atomic mass is 35.5. The molecule has 0 spiro atoms. The molecule has 0 aromatic carbocycles. The van der Waals surface area contributed by atoms with Gasteiger partial charge in [0.05, 0.1) is 15.2 Å². The molecule has 0 saturated carbocycles. The number of aryl methyl sites for hydroxylation is 2. The second-order valence-electron chi connectivity index (χ2n) is 5.51. The molecule has 0 amide bonds. The molecule has 0 atom stereocenters. The zero-order chi connectivity index (χ0) is 16.7. The molecule has 0 fully saturated rings. The highest BCUT2D eigenvalue weighted by molar-refractivity contribution is 7.18. The summed E-state index contributed by atoms with van der Waals surface area (Å²) in [4.78, 5) is 8.84. The van der Waals surface area contributed by atoms with Crippen molar-refractivity contribution in [3.8, 4) is 11.1 Å². The van der Waals surface area contributed by atoms with Crippen LogP contribution in [0.2, 0.25) is 5.02 Å².